The van der Waals surface area contributed by atoms with E-state index in [1.165, 1.54) is 29.5 Å². The second-order valence-electron chi connectivity index (χ2n) is 5.35. The summed E-state index contributed by atoms with van der Waals surface area (Å²) in [7, 11) is 0. The van der Waals surface area contributed by atoms with Gasteiger partial charge >= 0.3 is 0 Å². The summed E-state index contributed by atoms with van der Waals surface area (Å²) in [6.07, 6.45) is 7.20. The van der Waals surface area contributed by atoms with Crippen LogP contribution in [-0.4, -0.2) is 19.7 Å². The molecule has 0 spiro atoms. The van der Waals surface area contributed by atoms with Crippen LogP contribution in [0.4, 0.5) is 0 Å². The lowest BCUT2D eigenvalue weighted by Gasteiger charge is -2.19. The standard InChI is InChI=1S/C17H25NO/c1-4-19-16-11-13(2)17(14(3)12-16)6-5-15-7-9-18-10-8-15/h5-6,11-12,15,18H,4,7-10H2,1-3H3/b6-5+. The maximum absolute atomic E-state index is 5.58. The van der Waals surface area contributed by atoms with E-state index in [4.69, 9.17) is 4.74 Å². The molecule has 1 aliphatic rings. The topological polar surface area (TPSA) is 21.3 Å². The molecule has 0 aromatic heterocycles. The number of hydrogen-bond donors (Lipinski definition) is 1. The van der Waals surface area contributed by atoms with Crippen LogP contribution < -0.4 is 10.1 Å². The summed E-state index contributed by atoms with van der Waals surface area (Å²) in [6, 6.07) is 4.27. The van der Waals surface area contributed by atoms with Gasteiger partial charge in [0.2, 0.25) is 0 Å². The van der Waals surface area contributed by atoms with Gasteiger partial charge in [0.1, 0.15) is 5.75 Å². The molecule has 19 heavy (non-hydrogen) atoms. The Kier molecular flexibility index (Phi) is 5.03. The van der Waals surface area contributed by atoms with E-state index in [1.807, 2.05) is 6.92 Å². The van der Waals surface area contributed by atoms with E-state index in [0.717, 1.165) is 31.4 Å². The number of hydrogen-bond acceptors (Lipinski definition) is 2. The molecule has 104 valence electrons. The van der Waals surface area contributed by atoms with Gasteiger partial charge in [-0.25, -0.2) is 0 Å². The van der Waals surface area contributed by atoms with Gasteiger partial charge in [-0.1, -0.05) is 12.2 Å². The lowest BCUT2D eigenvalue weighted by molar-refractivity contribution is 0.340. The van der Waals surface area contributed by atoms with E-state index >= 15 is 0 Å². The molecular weight excluding hydrogens is 234 g/mol. The molecule has 1 aliphatic heterocycles. The van der Waals surface area contributed by atoms with Gasteiger partial charge in [0.25, 0.3) is 0 Å². The summed E-state index contributed by atoms with van der Waals surface area (Å²) in [5.74, 6) is 1.71. The van der Waals surface area contributed by atoms with Crippen LogP contribution in [0.1, 0.15) is 36.5 Å². The third-order valence-electron chi connectivity index (χ3n) is 3.80. The maximum atomic E-state index is 5.58. The third kappa shape index (κ3) is 3.84. The minimum Gasteiger partial charge on any atom is -0.494 e. The Labute approximate surface area is 116 Å². The fourth-order valence-corrected chi connectivity index (χ4v) is 2.72. The van der Waals surface area contributed by atoms with Gasteiger partial charge in [-0.05, 0) is 81.4 Å². The van der Waals surface area contributed by atoms with E-state index in [2.05, 4.69) is 43.4 Å². The van der Waals surface area contributed by atoms with Gasteiger partial charge in [-0.15, -0.1) is 0 Å². The van der Waals surface area contributed by atoms with Crippen molar-refractivity contribution in [3.8, 4) is 5.75 Å². The van der Waals surface area contributed by atoms with Gasteiger partial charge in [0.05, 0.1) is 6.61 Å². The van der Waals surface area contributed by atoms with Gasteiger partial charge in [0.15, 0.2) is 0 Å². The van der Waals surface area contributed by atoms with Crippen LogP contribution in [0, 0.1) is 19.8 Å². The molecule has 2 rings (SSSR count). The van der Waals surface area contributed by atoms with Crippen LogP contribution in [0.3, 0.4) is 0 Å². The Morgan fingerprint density at radius 1 is 1.21 bits per heavy atom. The molecule has 0 saturated carbocycles. The molecule has 0 atom stereocenters. The quantitative estimate of drug-likeness (QED) is 0.890. The van der Waals surface area contributed by atoms with Crippen LogP contribution >= 0.6 is 0 Å². The van der Waals surface area contributed by atoms with E-state index in [1.54, 1.807) is 0 Å². The predicted octanol–water partition coefficient (Wildman–Crippen LogP) is 3.71. The van der Waals surface area contributed by atoms with Crippen molar-refractivity contribution < 1.29 is 4.74 Å². The zero-order valence-corrected chi connectivity index (χ0v) is 12.3. The van der Waals surface area contributed by atoms with Gasteiger partial charge in [-0.3, -0.25) is 0 Å². The number of aryl methyl sites for hydroxylation is 2. The predicted molar refractivity (Wildman–Crippen MR) is 81.7 cm³/mol. The van der Waals surface area contributed by atoms with Crippen molar-refractivity contribution in [2.45, 2.75) is 33.6 Å². The first-order valence-corrected chi connectivity index (χ1v) is 7.33. The largest absolute Gasteiger partial charge is 0.494 e. The molecule has 1 N–H and O–H groups in total. The lowest BCUT2D eigenvalue weighted by atomic mass is 9.95. The molecule has 1 fully saturated rings. The minimum atomic E-state index is 0.725. The maximum Gasteiger partial charge on any atom is 0.119 e. The number of nitrogens with one attached hydrogen (secondary N) is 1. The van der Waals surface area contributed by atoms with Crippen molar-refractivity contribution in [3.63, 3.8) is 0 Å². The van der Waals surface area contributed by atoms with E-state index in [9.17, 15) is 0 Å². The molecule has 0 aliphatic carbocycles. The van der Waals surface area contributed by atoms with Gasteiger partial charge < -0.3 is 10.1 Å². The average molecular weight is 259 g/mol. The Morgan fingerprint density at radius 3 is 2.42 bits per heavy atom. The Morgan fingerprint density at radius 2 is 1.84 bits per heavy atom. The summed E-state index contributed by atoms with van der Waals surface area (Å²) in [4.78, 5) is 0. The number of benzene rings is 1. The zero-order chi connectivity index (χ0) is 13.7. The van der Waals surface area contributed by atoms with Crippen LogP contribution in [-0.2, 0) is 0 Å². The summed E-state index contributed by atoms with van der Waals surface area (Å²) in [6.45, 7) is 9.38. The summed E-state index contributed by atoms with van der Waals surface area (Å²) in [5, 5.41) is 3.41. The number of allylic oxidation sites excluding steroid dienone is 1. The molecule has 0 bridgehead atoms. The Balaban J connectivity index is 2.13. The fourth-order valence-electron chi connectivity index (χ4n) is 2.72. The SMILES string of the molecule is CCOc1cc(C)c(/C=C/C2CCNCC2)c(C)c1. The molecule has 2 nitrogen and oxygen atoms in total. The Bertz CT molecular complexity index is 422. The molecule has 0 amide bonds. The van der Waals surface area contributed by atoms with Crippen molar-refractivity contribution >= 4 is 6.08 Å². The highest BCUT2D eigenvalue weighted by atomic mass is 16.5. The normalized spacial score (nSPS) is 17.0. The van der Waals surface area contributed by atoms with Gasteiger partial charge in [0, 0.05) is 0 Å². The first-order chi connectivity index (χ1) is 9.20. The Hall–Kier alpha value is -1.28. The molecular formula is C17H25NO. The van der Waals surface area contributed by atoms with Gasteiger partial charge in [-0.2, -0.15) is 0 Å². The van der Waals surface area contributed by atoms with Crippen molar-refractivity contribution in [3.05, 3.63) is 34.9 Å². The fraction of sp³-hybridized carbons (Fsp3) is 0.529. The molecule has 1 saturated heterocycles. The van der Waals surface area contributed by atoms with E-state index in [-0.39, 0.29) is 0 Å². The number of ether oxygens (including phenoxy) is 1. The van der Waals surface area contributed by atoms with Crippen LogP contribution in [0.25, 0.3) is 6.08 Å². The number of piperidine rings is 1. The van der Waals surface area contributed by atoms with Crippen molar-refractivity contribution in [1.82, 2.24) is 5.32 Å². The molecule has 1 heterocycles. The molecule has 1 aromatic carbocycles. The second-order valence-corrected chi connectivity index (χ2v) is 5.35. The summed E-state index contributed by atoms with van der Waals surface area (Å²) < 4.78 is 5.58. The zero-order valence-electron chi connectivity index (χ0n) is 12.3. The van der Waals surface area contributed by atoms with Crippen LogP contribution in [0.2, 0.25) is 0 Å². The molecule has 0 radical (unpaired) electrons. The van der Waals surface area contributed by atoms with E-state index < -0.39 is 0 Å². The first-order valence-electron chi connectivity index (χ1n) is 7.33. The van der Waals surface area contributed by atoms with Crippen LogP contribution in [0.5, 0.6) is 5.75 Å². The molecule has 2 heteroatoms. The van der Waals surface area contributed by atoms with E-state index in [0.29, 0.717) is 0 Å². The van der Waals surface area contributed by atoms with Crippen molar-refractivity contribution in [2.75, 3.05) is 19.7 Å². The summed E-state index contributed by atoms with van der Waals surface area (Å²) >= 11 is 0. The highest BCUT2D eigenvalue weighted by Crippen LogP contribution is 2.24. The monoisotopic (exact) mass is 259 g/mol. The molecule has 0 unspecified atom stereocenters. The molecule has 1 aromatic rings. The first kappa shape index (κ1) is 14.1. The highest BCUT2D eigenvalue weighted by molar-refractivity contribution is 5.59. The lowest BCUT2D eigenvalue weighted by Crippen LogP contribution is -2.26. The van der Waals surface area contributed by atoms with Crippen molar-refractivity contribution in [1.29, 1.82) is 0 Å². The van der Waals surface area contributed by atoms with Crippen LogP contribution in [0.15, 0.2) is 18.2 Å². The third-order valence-corrected chi connectivity index (χ3v) is 3.80. The second kappa shape index (κ2) is 6.76. The minimum absolute atomic E-state index is 0.725. The summed E-state index contributed by atoms with van der Waals surface area (Å²) in [5.41, 5.74) is 3.95. The highest BCUT2D eigenvalue weighted by Gasteiger charge is 2.10. The number of rotatable bonds is 4. The van der Waals surface area contributed by atoms with Crippen molar-refractivity contribution in [2.24, 2.45) is 5.92 Å². The average Bonchev–Trinajstić information content (AvgIpc) is 2.39. The smallest absolute Gasteiger partial charge is 0.119 e.